The van der Waals surface area contributed by atoms with Gasteiger partial charge in [0, 0.05) is 45.8 Å². The van der Waals surface area contributed by atoms with Crippen molar-refractivity contribution in [1.29, 1.82) is 0 Å². The molecule has 26 heavy (non-hydrogen) atoms. The molecule has 0 saturated carbocycles. The maximum atomic E-state index is 12.6. The monoisotopic (exact) mass is 422 g/mol. The standard InChI is InChI=1S/C17H23BrN6O2/c1-3-19-17(20-7-6-14-4-5-15(18)26-14)23-8-9-24(16(25)12-23)13-10-21-22(2)11-13/h4-5,10-11H,3,6-9,12H2,1-2H3,(H,19,20). The van der Waals surface area contributed by atoms with Crippen LogP contribution in [0.15, 0.2) is 38.6 Å². The molecule has 1 amide bonds. The Bertz CT molecular complexity index is 784. The predicted molar refractivity (Wildman–Crippen MR) is 103 cm³/mol. The van der Waals surface area contributed by atoms with Crippen LogP contribution in [-0.2, 0) is 18.3 Å². The topological polar surface area (TPSA) is 78.9 Å². The number of halogens is 1. The Morgan fingerprint density at radius 3 is 2.88 bits per heavy atom. The number of hydrogen-bond acceptors (Lipinski definition) is 4. The van der Waals surface area contributed by atoms with Gasteiger partial charge in [-0.3, -0.25) is 14.5 Å². The molecule has 0 unspecified atom stereocenters. The molecule has 0 radical (unpaired) electrons. The average Bonchev–Trinajstić information content (AvgIpc) is 3.22. The SMILES string of the molecule is CCNC(=NCCc1ccc(Br)o1)N1CCN(c2cnn(C)c2)C(=O)C1. The number of anilines is 1. The lowest BCUT2D eigenvalue weighted by molar-refractivity contribution is -0.120. The van der Waals surface area contributed by atoms with Crippen molar-refractivity contribution in [3.63, 3.8) is 0 Å². The molecule has 1 fully saturated rings. The van der Waals surface area contributed by atoms with Crippen molar-refractivity contribution in [2.24, 2.45) is 12.0 Å². The first-order valence-electron chi connectivity index (χ1n) is 8.63. The van der Waals surface area contributed by atoms with Crippen LogP contribution in [0.3, 0.4) is 0 Å². The second kappa shape index (κ2) is 8.39. The molecule has 1 aliphatic heterocycles. The summed E-state index contributed by atoms with van der Waals surface area (Å²) in [6.45, 7) is 5.00. The van der Waals surface area contributed by atoms with Gasteiger partial charge in [0.2, 0.25) is 5.91 Å². The highest BCUT2D eigenvalue weighted by Gasteiger charge is 2.27. The van der Waals surface area contributed by atoms with Gasteiger partial charge in [-0.05, 0) is 35.0 Å². The number of aromatic nitrogens is 2. The van der Waals surface area contributed by atoms with Crippen molar-refractivity contribution in [2.75, 3.05) is 37.6 Å². The van der Waals surface area contributed by atoms with Crippen molar-refractivity contribution in [3.8, 4) is 0 Å². The lowest BCUT2D eigenvalue weighted by atomic mass is 10.3. The maximum Gasteiger partial charge on any atom is 0.246 e. The van der Waals surface area contributed by atoms with E-state index in [9.17, 15) is 4.79 Å². The van der Waals surface area contributed by atoms with Crippen molar-refractivity contribution < 1.29 is 9.21 Å². The fourth-order valence-corrected chi connectivity index (χ4v) is 3.20. The molecule has 0 bridgehead atoms. The lowest BCUT2D eigenvalue weighted by Gasteiger charge is -2.35. The first kappa shape index (κ1) is 18.5. The van der Waals surface area contributed by atoms with Crippen LogP contribution < -0.4 is 10.2 Å². The van der Waals surface area contributed by atoms with Gasteiger partial charge >= 0.3 is 0 Å². The van der Waals surface area contributed by atoms with Crippen LogP contribution in [-0.4, -0.2) is 59.3 Å². The van der Waals surface area contributed by atoms with Crippen LogP contribution in [0, 0.1) is 0 Å². The van der Waals surface area contributed by atoms with Gasteiger partial charge in [-0.25, -0.2) is 0 Å². The van der Waals surface area contributed by atoms with Gasteiger partial charge in [0.15, 0.2) is 10.6 Å². The molecule has 2 aromatic rings. The summed E-state index contributed by atoms with van der Waals surface area (Å²) in [5, 5.41) is 7.41. The fourth-order valence-electron chi connectivity index (χ4n) is 2.86. The van der Waals surface area contributed by atoms with E-state index in [-0.39, 0.29) is 5.91 Å². The zero-order chi connectivity index (χ0) is 18.5. The van der Waals surface area contributed by atoms with Gasteiger partial charge in [0.25, 0.3) is 0 Å². The van der Waals surface area contributed by atoms with E-state index in [0.29, 0.717) is 26.1 Å². The summed E-state index contributed by atoms with van der Waals surface area (Å²) in [7, 11) is 1.84. The van der Waals surface area contributed by atoms with Crippen molar-refractivity contribution in [2.45, 2.75) is 13.3 Å². The molecule has 0 aliphatic carbocycles. The van der Waals surface area contributed by atoms with Crippen LogP contribution in [0.4, 0.5) is 5.69 Å². The number of amides is 1. The molecule has 0 atom stereocenters. The molecular formula is C17H23BrN6O2. The third-order valence-corrected chi connectivity index (χ3v) is 4.53. The van der Waals surface area contributed by atoms with Crippen LogP contribution in [0.1, 0.15) is 12.7 Å². The van der Waals surface area contributed by atoms with Crippen molar-refractivity contribution >= 4 is 33.5 Å². The summed E-state index contributed by atoms with van der Waals surface area (Å²) in [6.07, 6.45) is 4.28. The van der Waals surface area contributed by atoms with E-state index in [0.717, 1.165) is 35.2 Å². The molecule has 3 heterocycles. The Morgan fingerprint density at radius 2 is 2.27 bits per heavy atom. The Morgan fingerprint density at radius 1 is 1.42 bits per heavy atom. The number of aliphatic imine (C=N–C) groups is 1. The zero-order valence-electron chi connectivity index (χ0n) is 15.0. The average molecular weight is 423 g/mol. The molecule has 0 aromatic carbocycles. The van der Waals surface area contributed by atoms with Crippen LogP contribution in [0.5, 0.6) is 0 Å². The van der Waals surface area contributed by atoms with E-state index in [1.165, 1.54) is 0 Å². The van der Waals surface area contributed by atoms with E-state index < -0.39 is 0 Å². The van der Waals surface area contributed by atoms with Crippen molar-refractivity contribution in [3.05, 3.63) is 35.0 Å². The molecule has 8 nitrogen and oxygen atoms in total. The van der Waals surface area contributed by atoms with E-state index in [1.54, 1.807) is 15.8 Å². The number of rotatable bonds is 5. The number of hydrogen-bond donors (Lipinski definition) is 1. The minimum atomic E-state index is 0.0461. The first-order valence-corrected chi connectivity index (χ1v) is 9.42. The number of furan rings is 1. The minimum absolute atomic E-state index is 0.0461. The summed E-state index contributed by atoms with van der Waals surface area (Å²) in [5.74, 6) is 1.69. The second-order valence-corrected chi connectivity index (χ2v) is 6.81. The largest absolute Gasteiger partial charge is 0.454 e. The second-order valence-electron chi connectivity index (χ2n) is 6.03. The molecule has 3 rings (SSSR count). The molecule has 2 aromatic heterocycles. The third-order valence-electron chi connectivity index (χ3n) is 4.11. The highest BCUT2D eigenvalue weighted by molar-refractivity contribution is 9.10. The van der Waals surface area contributed by atoms with Gasteiger partial charge in [0.05, 0.1) is 11.9 Å². The summed E-state index contributed by atoms with van der Waals surface area (Å²) >= 11 is 3.30. The van der Waals surface area contributed by atoms with Crippen LogP contribution in [0.25, 0.3) is 0 Å². The molecule has 1 N–H and O–H groups in total. The van der Waals surface area contributed by atoms with Gasteiger partial charge in [-0.2, -0.15) is 5.10 Å². The summed E-state index contributed by atoms with van der Waals surface area (Å²) in [6, 6.07) is 3.81. The highest BCUT2D eigenvalue weighted by atomic mass is 79.9. The Hall–Kier alpha value is -2.29. The van der Waals surface area contributed by atoms with E-state index in [2.05, 4.69) is 31.3 Å². The first-order chi connectivity index (χ1) is 12.6. The molecule has 1 saturated heterocycles. The summed E-state index contributed by atoms with van der Waals surface area (Å²) < 4.78 is 7.92. The third kappa shape index (κ3) is 4.46. The number of carbonyl (C=O) groups excluding carboxylic acids is 1. The van der Waals surface area contributed by atoms with Crippen LogP contribution >= 0.6 is 15.9 Å². The van der Waals surface area contributed by atoms with Gasteiger partial charge in [0.1, 0.15) is 12.3 Å². The maximum absolute atomic E-state index is 12.6. The van der Waals surface area contributed by atoms with E-state index in [4.69, 9.17) is 4.42 Å². The number of piperazine rings is 1. The number of nitrogens with zero attached hydrogens (tertiary/aromatic N) is 5. The highest BCUT2D eigenvalue weighted by Crippen LogP contribution is 2.16. The predicted octanol–water partition coefficient (Wildman–Crippen LogP) is 1.63. The van der Waals surface area contributed by atoms with Crippen molar-refractivity contribution in [1.82, 2.24) is 20.0 Å². The molecule has 0 spiro atoms. The quantitative estimate of drug-likeness (QED) is 0.585. The zero-order valence-corrected chi connectivity index (χ0v) is 16.6. The summed E-state index contributed by atoms with van der Waals surface area (Å²) in [4.78, 5) is 21.0. The fraction of sp³-hybridized carbons (Fsp3) is 0.471. The smallest absolute Gasteiger partial charge is 0.246 e. The minimum Gasteiger partial charge on any atom is -0.454 e. The lowest BCUT2D eigenvalue weighted by Crippen LogP contribution is -2.55. The molecule has 9 heteroatoms. The molecular weight excluding hydrogens is 400 g/mol. The Labute approximate surface area is 161 Å². The number of aryl methyl sites for hydroxylation is 1. The number of guanidine groups is 1. The van der Waals surface area contributed by atoms with Crippen LogP contribution in [0.2, 0.25) is 0 Å². The number of nitrogens with one attached hydrogen (secondary N) is 1. The van der Waals surface area contributed by atoms with Gasteiger partial charge in [-0.15, -0.1) is 0 Å². The van der Waals surface area contributed by atoms with E-state index in [1.807, 2.05) is 37.2 Å². The van der Waals surface area contributed by atoms with E-state index >= 15 is 0 Å². The number of carbonyl (C=O) groups is 1. The normalized spacial score (nSPS) is 15.7. The van der Waals surface area contributed by atoms with Gasteiger partial charge < -0.3 is 19.5 Å². The Kier molecular flexibility index (Phi) is 5.97. The molecule has 140 valence electrons. The van der Waals surface area contributed by atoms with Gasteiger partial charge in [-0.1, -0.05) is 0 Å². The Balaban J connectivity index is 1.61. The molecule has 1 aliphatic rings. The summed E-state index contributed by atoms with van der Waals surface area (Å²) in [5.41, 5.74) is 0.836.